The Morgan fingerprint density at radius 1 is 1.07 bits per heavy atom. The molecule has 0 aromatic carbocycles. The lowest BCUT2D eigenvalue weighted by molar-refractivity contribution is -0.0817. The molecule has 29 heavy (non-hydrogen) atoms. The van der Waals surface area contributed by atoms with Gasteiger partial charge < -0.3 is 29.3 Å². The first-order valence-corrected chi connectivity index (χ1v) is 11.0. The van der Waals surface area contributed by atoms with E-state index >= 15 is 0 Å². The fourth-order valence-corrected chi connectivity index (χ4v) is 4.28. The van der Waals surface area contributed by atoms with Gasteiger partial charge in [-0.05, 0) is 52.4 Å². The normalized spacial score (nSPS) is 29.1. The molecule has 3 unspecified atom stereocenters. The summed E-state index contributed by atoms with van der Waals surface area (Å²) in [7, 11) is 1.83. The van der Waals surface area contributed by atoms with Crippen molar-refractivity contribution in [3.63, 3.8) is 0 Å². The van der Waals surface area contributed by atoms with E-state index in [1.165, 1.54) is 0 Å². The van der Waals surface area contributed by atoms with Crippen LogP contribution in [0.3, 0.4) is 0 Å². The maximum Gasteiger partial charge on any atom is 0.410 e. The van der Waals surface area contributed by atoms with Gasteiger partial charge in [-0.3, -0.25) is 4.99 Å². The molecule has 0 bridgehead atoms. The Morgan fingerprint density at radius 2 is 1.86 bits per heavy atom. The summed E-state index contributed by atoms with van der Waals surface area (Å²) in [4.78, 5) is 21.0. The Labute approximate surface area is 174 Å². The van der Waals surface area contributed by atoms with Gasteiger partial charge in [0.05, 0.1) is 12.7 Å². The standard InChI is InChI=1S/C21H38N4O4/c1-21(2,3)29-20(26)25-9-5-7-16(14-25)13-23-19(22-4)24-10-12-28-18(15-24)17-8-6-11-27-17/h16-18H,5-15H2,1-4H3,(H,22,23). The minimum atomic E-state index is -0.458. The van der Waals surface area contributed by atoms with E-state index in [0.29, 0.717) is 12.5 Å². The number of aliphatic imine (C=N–C) groups is 1. The van der Waals surface area contributed by atoms with Crippen LogP contribution >= 0.6 is 0 Å². The van der Waals surface area contributed by atoms with Gasteiger partial charge in [0.15, 0.2) is 5.96 Å². The predicted molar refractivity (Wildman–Crippen MR) is 112 cm³/mol. The second kappa shape index (κ2) is 9.98. The van der Waals surface area contributed by atoms with Crippen LogP contribution in [0.5, 0.6) is 0 Å². The van der Waals surface area contributed by atoms with Gasteiger partial charge in [0.1, 0.15) is 11.7 Å². The van der Waals surface area contributed by atoms with Crippen molar-refractivity contribution in [3.05, 3.63) is 0 Å². The van der Waals surface area contributed by atoms with Gasteiger partial charge in [-0.25, -0.2) is 4.79 Å². The molecule has 0 aliphatic carbocycles. The van der Waals surface area contributed by atoms with Crippen molar-refractivity contribution in [2.24, 2.45) is 10.9 Å². The van der Waals surface area contributed by atoms with Crippen molar-refractivity contribution in [1.29, 1.82) is 0 Å². The Hall–Kier alpha value is -1.54. The first-order valence-electron chi connectivity index (χ1n) is 11.0. The Bertz CT molecular complexity index is 572. The number of carbonyl (C=O) groups excluding carboxylic acids is 1. The molecule has 1 N–H and O–H groups in total. The van der Waals surface area contributed by atoms with Gasteiger partial charge in [0.25, 0.3) is 0 Å². The predicted octanol–water partition coefficient (Wildman–Crippen LogP) is 2.09. The van der Waals surface area contributed by atoms with Gasteiger partial charge in [-0.1, -0.05) is 0 Å². The Balaban J connectivity index is 1.48. The highest BCUT2D eigenvalue weighted by Crippen LogP contribution is 2.22. The Kier molecular flexibility index (Phi) is 7.62. The number of hydrogen-bond acceptors (Lipinski definition) is 5. The lowest BCUT2D eigenvalue weighted by atomic mass is 9.98. The zero-order valence-corrected chi connectivity index (χ0v) is 18.5. The minimum absolute atomic E-state index is 0.113. The van der Waals surface area contributed by atoms with Gasteiger partial charge in [0, 0.05) is 46.4 Å². The third-order valence-electron chi connectivity index (χ3n) is 5.70. The van der Waals surface area contributed by atoms with Crippen molar-refractivity contribution in [2.75, 3.05) is 53.0 Å². The van der Waals surface area contributed by atoms with Crippen LogP contribution in [0, 0.1) is 5.92 Å². The molecule has 3 heterocycles. The average molecular weight is 411 g/mol. The number of amides is 1. The molecule has 3 fully saturated rings. The van der Waals surface area contributed by atoms with Crippen LogP contribution in [0.2, 0.25) is 0 Å². The monoisotopic (exact) mass is 410 g/mol. The number of carbonyl (C=O) groups is 1. The molecule has 3 rings (SSSR count). The van der Waals surface area contributed by atoms with Gasteiger partial charge in [-0.2, -0.15) is 0 Å². The van der Waals surface area contributed by atoms with Crippen molar-refractivity contribution >= 4 is 12.1 Å². The zero-order chi connectivity index (χ0) is 20.9. The van der Waals surface area contributed by atoms with Gasteiger partial charge >= 0.3 is 6.09 Å². The highest BCUT2D eigenvalue weighted by molar-refractivity contribution is 5.80. The van der Waals surface area contributed by atoms with Crippen molar-refractivity contribution in [3.8, 4) is 0 Å². The molecular formula is C21H38N4O4. The molecule has 0 radical (unpaired) electrons. The lowest BCUT2D eigenvalue weighted by Crippen LogP contribution is -2.54. The summed E-state index contributed by atoms with van der Waals surface area (Å²) >= 11 is 0. The molecular weight excluding hydrogens is 372 g/mol. The topological polar surface area (TPSA) is 75.6 Å². The van der Waals surface area contributed by atoms with E-state index < -0.39 is 5.60 Å². The number of piperidine rings is 1. The number of nitrogens with zero attached hydrogens (tertiary/aromatic N) is 3. The molecule has 0 aromatic heterocycles. The highest BCUT2D eigenvalue weighted by Gasteiger charge is 2.33. The molecule has 3 aliphatic heterocycles. The maximum absolute atomic E-state index is 12.4. The van der Waals surface area contributed by atoms with Gasteiger partial charge in [0.2, 0.25) is 0 Å². The number of morpholine rings is 1. The molecule has 0 aromatic rings. The number of ether oxygens (including phenoxy) is 3. The highest BCUT2D eigenvalue weighted by atomic mass is 16.6. The van der Waals surface area contributed by atoms with Crippen molar-refractivity contribution in [1.82, 2.24) is 15.1 Å². The van der Waals surface area contributed by atoms with Gasteiger partial charge in [-0.15, -0.1) is 0 Å². The number of nitrogens with one attached hydrogen (secondary N) is 1. The lowest BCUT2D eigenvalue weighted by Gasteiger charge is -2.38. The molecule has 0 spiro atoms. The molecule has 166 valence electrons. The van der Waals surface area contributed by atoms with Crippen LogP contribution in [0.15, 0.2) is 4.99 Å². The van der Waals surface area contributed by atoms with E-state index in [-0.39, 0.29) is 18.3 Å². The molecule has 0 saturated carbocycles. The third kappa shape index (κ3) is 6.47. The summed E-state index contributed by atoms with van der Waals surface area (Å²) in [5, 5.41) is 3.53. The van der Waals surface area contributed by atoms with Crippen LogP contribution < -0.4 is 5.32 Å². The van der Waals surface area contributed by atoms with Crippen LogP contribution in [-0.2, 0) is 14.2 Å². The molecule has 3 saturated heterocycles. The molecule has 1 amide bonds. The largest absolute Gasteiger partial charge is 0.444 e. The van der Waals surface area contributed by atoms with E-state index in [9.17, 15) is 4.79 Å². The molecule has 8 nitrogen and oxygen atoms in total. The first-order chi connectivity index (χ1) is 13.9. The smallest absolute Gasteiger partial charge is 0.410 e. The van der Waals surface area contributed by atoms with E-state index in [4.69, 9.17) is 14.2 Å². The quantitative estimate of drug-likeness (QED) is 0.567. The van der Waals surface area contributed by atoms with Crippen LogP contribution in [-0.4, -0.2) is 92.6 Å². The SMILES string of the molecule is CN=C(NCC1CCCN(C(=O)OC(C)(C)C)C1)N1CCOC(C2CCCO2)C1. The second-order valence-electron chi connectivity index (χ2n) is 9.27. The molecule has 8 heteroatoms. The second-order valence-corrected chi connectivity index (χ2v) is 9.27. The maximum atomic E-state index is 12.4. The number of rotatable bonds is 3. The van der Waals surface area contributed by atoms with Crippen molar-refractivity contribution in [2.45, 2.75) is 64.3 Å². The van der Waals surface area contributed by atoms with Crippen molar-refractivity contribution < 1.29 is 19.0 Å². The first kappa shape index (κ1) is 22.2. The molecule has 3 atom stereocenters. The molecule has 3 aliphatic rings. The fraction of sp³-hybridized carbons (Fsp3) is 0.905. The summed E-state index contributed by atoms with van der Waals surface area (Å²) in [5.41, 5.74) is -0.458. The number of hydrogen-bond donors (Lipinski definition) is 1. The van der Waals surface area contributed by atoms with Crippen LogP contribution in [0.4, 0.5) is 4.79 Å². The van der Waals surface area contributed by atoms with E-state index in [0.717, 1.165) is 71.0 Å². The summed E-state index contributed by atoms with van der Waals surface area (Å²) < 4.78 is 17.3. The number of likely N-dealkylation sites (tertiary alicyclic amines) is 1. The summed E-state index contributed by atoms with van der Waals surface area (Å²) in [6.07, 6.45) is 4.41. The van der Waals surface area contributed by atoms with Crippen LogP contribution in [0.1, 0.15) is 46.5 Å². The van der Waals surface area contributed by atoms with E-state index in [2.05, 4.69) is 15.2 Å². The zero-order valence-electron chi connectivity index (χ0n) is 18.5. The van der Waals surface area contributed by atoms with E-state index in [1.54, 1.807) is 0 Å². The summed E-state index contributed by atoms with van der Waals surface area (Å²) in [6.45, 7) is 11.2. The minimum Gasteiger partial charge on any atom is -0.444 e. The number of guanidine groups is 1. The Morgan fingerprint density at radius 3 is 2.55 bits per heavy atom. The fourth-order valence-electron chi connectivity index (χ4n) is 4.28. The van der Waals surface area contributed by atoms with E-state index in [1.807, 2.05) is 32.7 Å². The summed E-state index contributed by atoms with van der Waals surface area (Å²) in [6, 6.07) is 0. The third-order valence-corrected chi connectivity index (χ3v) is 5.70. The average Bonchev–Trinajstić information content (AvgIpc) is 3.23. The van der Waals surface area contributed by atoms with Crippen LogP contribution in [0.25, 0.3) is 0 Å². The summed E-state index contributed by atoms with van der Waals surface area (Å²) in [5.74, 6) is 1.30.